The van der Waals surface area contributed by atoms with Gasteiger partial charge < -0.3 is 16.4 Å². The zero-order chi connectivity index (χ0) is 8.36. The van der Waals surface area contributed by atoms with Gasteiger partial charge in [-0.05, 0) is 13.0 Å². The van der Waals surface area contributed by atoms with E-state index in [1.807, 2.05) is 0 Å². The van der Waals surface area contributed by atoms with E-state index in [1.165, 1.54) is 12.8 Å². The predicted octanol–water partition coefficient (Wildman–Crippen LogP) is 0.0862. The molecule has 0 amide bonds. The minimum absolute atomic E-state index is 0.570. The van der Waals surface area contributed by atoms with Gasteiger partial charge in [-0.25, -0.2) is 0 Å². The van der Waals surface area contributed by atoms with Crippen LogP contribution in [0, 0.1) is 6.92 Å². The fourth-order valence-corrected chi connectivity index (χ4v) is 0.831. The van der Waals surface area contributed by atoms with Gasteiger partial charge in [0.05, 0.1) is 0 Å². The Labute approximate surface area is 69.7 Å². The van der Waals surface area contributed by atoms with Crippen LogP contribution in [-0.2, 0) is 0 Å². The lowest BCUT2D eigenvalue weighted by Gasteiger charge is -2.03. The van der Waals surface area contributed by atoms with Crippen LogP contribution in [0.5, 0.6) is 0 Å². The summed E-state index contributed by atoms with van der Waals surface area (Å²) >= 11 is 0. The van der Waals surface area contributed by atoms with Crippen molar-refractivity contribution in [1.29, 1.82) is 0 Å². The van der Waals surface area contributed by atoms with Gasteiger partial charge in [0, 0.05) is 19.8 Å². The van der Waals surface area contributed by atoms with Crippen molar-refractivity contribution < 1.29 is 0 Å². The summed E-state index contributed by atoms with van der Waals surface area (Å²) in [4.78, 5) is 0. The quantitative estimate of drug-likeness (QED) is 0.346. The molecule has 0 spiro atoms. The SMILES string of the molecule is [CH2]CCCCNCCNCN. The summed E-state index contributed by atoms with van der Waals surface area (Å²) in [5.74, 6) is 0. The van der Waals surface area contributed by atoms with Crippen molar-refractivity contribution in [2.75, 3.05) is 26.3 Å². The Morgan fingerprint density at radius 3 is 2.36 bits per heavy atom. The fraction of sp³-hybridized carbons (Fsp3) is 0.875. The van der Waals surface area contributed by atoms with Crippen molar-refractivity contribution in [3.05, 3.63) is 6.92 Å². The molecule has 4 N–H and O–H groups in total. The smallest absolute Gasteiger partial charge is 0.0429 e. The lowest BCUT2D eigenvalue weighted by Crippen LogP contribution is -2.31. The van der Waals surface area contributed by atoms with E-state index in [-0.39, 0.29) is 0 Å². The molecule has 1 radical (unpaired) electrons. The fourth-order valence-electron chi connectivity index (χ4n) is 0.831. The van der Waals surface area contributed by atoms with Crippen molar-refractivity contribution in [2.45, 2.75) is 19.3 Å². The maximum atomic E-state index is 5.24. The topological polar surface area (TPSA) is 50.1 Å². The van der Waals surface area contributed by atoms with Crippen LogP contribution in [0.4, 0.5) is 0 Å². The van der Waals surface area contributed by atoms with E-state index in [9.17, 15) is 0 Å². The van der Waals surface area contributed by atoms with Crippen LogP contribution in [-0.4, -0.2) is 26.3 Å². The molecule has 0 rings (SSSR count). The summed E-state index contributed by atoms with van der Waals surface area (Å²) in [5.41, 5.74) is 5.24. The van der Waals surface area contributed by atoms with Crippen molar-refractivity contribution >= 4 is 0 Å². The summed E-state index contributed by atoms with van der Waals surface area (Å²) in [6, 6.07) is 0. The lowest BCUT2D eigenvalue weighted by molar-refractivity contribution is 0.591. The van der Waals surface area contributed by atoms with Gasteiger partial charge in [0.1, 0.15) is 0 Å². The molecule has 0 saturated heterocycles. The van der Waals surface area contributed by atoms with Gasteiger partial charge in [0.2, 0.25) is 0 Å². The lowest BCUT2D eigenvalue weighted by atomic mass is 10.2. The molecule has 0 aliphatic rings. The maximum absolute atomic E-state index is 5.24. The summed E-state index contributed by atoms with van der Waals surface area (Å²) in [6.45, 7) is 7.41. The third-order valence-corrected chi connectivity index (χ3v) is 1.48. The third kappa shape index (κ3) is 9.88. The Morgan fingerprint density at radius 1 is 1.00 bits per heavy atom. The second-order valence-corrected chi connectivity index (χ2v) is 2.51. The second kappa shape index (κ2) is 9.88. The van der Waals surface area contributed by atoms with E-state index < -0.39 is 0 Å². The minimum atomic E-state index is 0.570. The molecule has 3 nitrogen and oxygen atoms in total. The Bertz CT molecular complexity index is 58.4. The highest BCUT2D eigenvalue weighted by molar-refractivity contribution is 4.51. The molecule has 67 valence electrons. The number of unbranched alkanes of at least 4 members (excludes halogenated alkanes) is 2. The van der Waals surface area contributed by atoms with E-state index in [4.69, 9.17) is 5.73 Å². The van der Waals surface area contributed by atoms with E-state index in [0.717, 1.165) is 26.1 Å². The Balaban J connectivity index is 2.69. The second-order valence-electron chi connectivity index (χ2n) is 2.51. The Hall–Kier alpha value is -0.120. The molecule has 0 atom stereocenters. The zero-order valence-corrected chi connectivity index (χ0v) is 7.23. The molecule has 0 unspecified atom stereocenters. The van der Waals surface area contributed by atoms with Crippen molar-refractivity contribution in [3.63, 3.8) is 0 Å². The van der Waals surface area contributed by atoms with Gasteiger partial charge in [-0.2, -0.15) is 0 Å². The molecule has 0 aromatic carbocycles. The van der Waals surface area contributed by atoms with Crippen molar-refractivity contribution in [1.82, 2.24) is 10.6 Å². The standard InChI is InChI=1S/C8H20N3/c1-2-3-4-5-10-6-7-11-8-9/h10-11H,1-9H2. The first-order valence-corrected chi connectivity index (χ1v) is 4.32. The minimum Gasteiger partial charge on any atom is -0.318 e. The van der Waals surface area contributed by atoms with Gasteiger partial charge >= 0.3 is 0 Å². The Morgan fingerprint density at radius 2 is 1.73 bits per heavy atom. The molecular weight excluding hydrogens is 138 g/mol. The molecule has 0 fully saturated rings. The van der Waals surface area contributed by atoms with Gasteiger partial charge in [-0.15, -0.1) is 0 Å². The normalized spacial score (nSPS) is 10.4. The van der Waals surface area contributed by atoms with Crippen LogP contribution < -0.4 is 16.4 Å². The third-order valence-electron chi connectivity index (χ3n) is 1.48. The number of nitrogens with one attached hydrogen (secondary N) is 2. The predicted molar refractivity (Wildman–Crippen MR) is 49.1 cm³/mol. The van der Waals surface area contributed by atoms with Gasteiger partial charge in [-0.3, -0.25) is 0 Å². The largest absolute Gasteiger partial charge is 0.318 e. The van der Waals surface area contributed by atoms with Gasteiger partial charge in [0.15, 0.2) is 0 Å². The highest BCUT2D eigenvalue weighted by Gasteiger charge is 1.86. The maximum Gasteiger partial charge on any atom is 0.0429 e. The van der Waals surface area contributed by atoms with Gasteiger partial charge in [-0.1, -0.05) is 19.8 Å². The highest BCUT2D eigenvalue weighted by Crippen LogP contribution is 1.89. The first kappa shape index (κ1) is 10.9. The van der Waals surface area contributed by atoms with Crippen LogP contribution in [0.15, 0.2) is 0 Å². The van der Waals surface area contributed by atoms with Crippen LogP contribution >= 0.6 is 0 Å². The molecule has 0 saturated carbocycles. The summed E-state index contributed by atoms with van der Waals surface area (Å²) in [7, 11) is 0. The number of rotatable bonds is 8. The average Bonchev–Trinajstić information content (AvgIpc) is 2.03. The van der Waals surface area contributed by atoms with Gasteiger partial charge in [0.25, 0.3) is 0 Å². The van der Waals surface area contributed by atoms with E-state index >= 15 is 0 Å². The molecule has 0 heterocycles. The molecule has 0 aliphatic carbocycles. The highest BCUT2D eigenvalue weighted by atomic mass is 15.0. The van der Waals surface area contributed by atoms with E-state index in [0.29, 0.717) is 6.67 Å². The summed E-state index contributed by atoms with van der Waals surface area (Å²) in [5, 5.41) is 6.35. The molecule has 0 aromatic heterocycles. The summed E-state index contributed by atoms with van der Waals surface area (Å²) < 4.78 is 0. The van der Waals surface area contributed by atoms with E-state index in [2.05, 4.69) is 17.6 Å². The first-order chi connectivity index (χ1) is 5.41. The average molecular weight is 158 g/mol. The number of nitrogens with two attached hydrogens (primary N) is 1. The molecule has 11 heavy (non-hydrogen) atoms. The van der Waals surface area contributed by atoms with Crippen LogP contribution in [0.3, 0.4) is 0 Å². The van der Waals surface area contributed by atoms with Crippen LogP contribution in [0.2, 0.25) is 0 Å². The molecular formula is C8H20N3. The number of hydrogen-bond donors (Lipinski definition) is 3. The number of hydrogen-bond acceptors (Lipinski definition) is 3. The molecule has 0 aromatic rings. The zero-order valence-electron chi connectivity index (χ0n) is 7.23. The monoisotopic (exact) mass is 158 g/mol. The molecule has 0 aliphatic heterocycles. The first-order valence-electron chi connectivity index (χ1n) is 4.32. The Kier molecular flexibility index (Phi) is 9.77. The van der Waals surface area contributed by atoms with Crippen LogP contribution in [0.25, 0.3) is 0 Å². The molecule has 0 bridgehead atoms. The molecule has 3 heteroatoms. The van der Waals surface area contributed by atoms with Crippen LogP contribution in [0.1, 0.15) is 19.3 Å². The van der Waals surface area contributed by atoms with Crippen molar-refractivity contribution in [3.8, 4) is 0 Å². The van der Waals surface area contributed by atoms with Crippen molar-refractivity contribution in [2.24, 2.45) is 5.73 Å². The summed E-state index contributed by atoms with van der Waals surface area (Å²) in [6.07, 6.45) is 3.49. The van der Waals surface area contributed by atoms with E-state index in [1.54, 1.807) is 0 Å².